The minimum absolute atomic E-state index is 0.0652. The highest BCUT2D eigenvalue weighted by Crippen LogP contribution is 2.20. The van der Waals surface area contributed by atoms with Crippen molar-refractivity contribution in [2.24, 2.45) is 4.99 Å². The Bertz CT molecular complexity index is 1130. The molecule has 8 heteroatoms. The van der Waals surface area contributed by atoms with Gasteiger partial charge in [-0.1, -0.05) is 45.7 Å². The summed E-state index contributed by atoms with van der Waals surface area (Å²) in [5.41, 5.74) is -0.00868. The zero-order chi connectivity index (χ0) is 19.6. The normalized spacial score (nSPS) is 11.6. The van der Waals surface area contributed by atoms with Gasteiger partial charge < -0.3 is 5.11 Å². The van der Waals surface area contributed by atoms with E-state index in [1.807, 2.05) is 18.2 Å². The van der Waals surface area contributed by atoms with Gasteiger partial charge in [0.1, 0.15) is 5.56 Å². The van der Waals surface area contributed by atoms with Gasteiger partial charge in [-0.25, -0.2) is 9.36 Å². The van der Waals surface area contributed by atoms with Crippen LogP contribution in [0.25, 0.3) is 5.69 Å². The third kappa shape index (κ3) is 4.04. The lowest BCUT2D eigenvalue weighted by atomic mass is 10.2. The molecule has 0 amide bonds. The van der Waals surface area contributed by atoms with E-state index < -0.39 is 17.1 Å². The predicted molar refractivity (Wildman–Crippen MR) is 109 cm³/mol. The number of aromatic hydroxyl groups is 1. The highest BCUT2D eigenvalue weighted by molar-refractivity contribution is 9.10. The Morgan fingerprint density at radius 2 is 1.85 bits per heavy atom. The Labute approximate surface area is 167 Å². The highest BCUT2D eigenvalue weighted by atomic mass is 79.9. The fourth-order valence-corrected chi connectivity index (χ4v) is 3.05. The van der Waals surface area contributed by atoms with E-state index in [1.54, 1.807) is 37.3 Å². The average molecular weight is 449 g/mol. The minimum atomic E-state index is -0.734. The van der Waals surface area contributed by atoms with Crippen LogP contribution in [0, 0.1) is 0 Å². The van der Waals surface area contributed by atoms with Gasteiger partial charge in [-0.3, -0.25) is 14.8 Å². The number of hydrogen-bond donors (Lipinski definition) is 2. The first-order valence-corrected chi connectivity index (χ1v) is 9.14. The van der Waals surface area contributed by atoms with E-state index in [1.165, 1.54) is 0 Å². The van der Waals surface area contributed by atoms with Gasteiger partial charge >= 0.3 is 5.69 Å². The molecule has 0 aliphatic rings. The number of H-pyrrole nitrogens is 1. The predicted octanol–water partition coefficient (Wildman–Crippen LogP) is 3.66. The topological polar surface area (TPSA) is 87.4 Å². The van der Waals surface area contributed by atoms with Crippen LogP contribution in [0.3, 0.4) is 0 Å². The Balaban J connectivity index is 2.07. The number of benzene rings is 2. The summed E-state index contributed by atoms with van der Waals surface area (Å²) in [4.78, 5) is 31.1. The minimum Gasteiger partial charge on any atom is -0.493 e. The molecule has 0 spiro atoms. The molecular formula is C19H15BrClN3O3. The van der Waals surface area contributed by atoms with Crippen molar-refractivity contribution in [3.05, 3.63) is 90.0 Å². The average Bonchev–Trinajstić information content (AvgIpc) is 2.62. The summed E-state index contributed by atoms with van der Waals surface area (Å²) >= 11 is 9.43. The molecule has 2 N–H and O–H groups in total. The summed E-state index contributed by atoms with van der Waals surface area (Å²) < 4.78 is 1.85. The van der Waals surface area contributed by atoms with Gasteiger partial charge in [0.05, 0.1) is 17.9 Å². The maximum Gasteiger partial charge on any atom is 0.335 e. The zero-order valence-corrected chi connectivity index (χ0v) is 16.6. The van der Waals surface area contributed by atoms with Crippen molar-refractivity contribution in [3.63, 3.8) is 0 Å². The van der Waals surface area contributed by atoms with E-state index in [4.69, 9.17) is 11.6 Å². The molecule has 0 aliphatic heterocycles. The molecule has 0 aliphatic carbocycles. The van der Waals surface area contributed by atoms with Crippen molar-refractivity contribution >= 4 is 33.2 Å². The van der Waals surface area contributed by atoms with Crippen LogP contribution in [0.15, 0.2) is 67.6 Å². The number of rotatable bonds is 4. The van der Waals surface area contributed by atoms with Crippen molar-refractivity contribution in [2.45, 2.75) is 13.5 Å². The molecule has 1 heterocycles. The van der Waals surface area contributed by atoms with E-state index in [0.29, 0.717) is 16.4 Å². The van der Waals surface area contributed by atoms with Crippen molar-refractivity contribution in [2.75, 3.05) is 0 Å². The second-order valence-electron chi connectivity index (χ2n) is 5.76. The Morgan fingerprint density at radius 3 is 2.52 bits per heavy atom. The monoisotopic (exact) mass is 447 g/mol. The van der Waals surface area contributed by atoms with E-state index in [-0.39, 0.29) is 12.1 Å². The number of aliphatic imine (C=N–C) groups is 1. The van der Waals surface area contributed by atoms with E-state index >= 15 is 0 Å². The van der Waals surface area contributed by atoms with Crippen LogP contribution in [0.1, 0.15) is 18.1 Å². The zero-order valence-electron chi connectivity index (χ0n) is 14.2. The maximum atomic E-state index is 12.3. The molecule has 3 aromatic rings. The van der Waals surface area contributed by atoms with Crippen LogP contribution < -0.4 is 11.2 Å². The van der Waals surface area contributed by atoms with Crippen LogP contribution in [0.2, 0.25) is 5.02 Å². The largest absolute Gasteiger partial charge is 0.493 e. The second-order valence-corrected chi connectivity index (χ2v) is 7.09. The quantitative estimate of drug-likeness (QED) is 0.597. The number of hydrogen-bond acceptors (Lipinski definition) is 4. The van der Waals surface area contributed by atoms with Crippen LogP contribution in [-0.2, 0) is 6.54 Å². The first kappa shape index (κ1) is 19.1. The first-order valence-electron chi connectivity index (χ1n) is 7.97. The molecule has 0 bridgehead atoms. The lowest BCUT2D eigenvalue weighted by Gasteiger charge is -2.11. The molecule has 0 saturated heterocycles. The van der Waals surface area contributed by atoms with E-state index in [0.717, 1.165) is 14.6 Å². The first-order chi connectivity index (χ1) is 12.9. The molecule has 3 rings (SSSR count). The molecule has 0 atom stereocenters. The summed E-state index contributed by atoms with van der Waals surface area (Å²) in [5.74, 6) is -0.466. The maximum absolute atomic E-state index is 12.3. The Kier molecular flexibility index (Phi) is 5.62. The summed E-state index contributed by atoms with van der Waals surface area (Å²) in [7, 11) is 0. The Hall–Kier alpha value is -2.64. The van der Waals surface area contributed by atoms with Crippen LogP contribution in [0.5, 0.6) is 5.88 Å². The van der Waals surface area contributed by atoms with Crippen molar-refractivity contribution < 1.29 is 5.11 Å². The van der Waals surface area contributed by atoms with Gasteiger partial charge in [-0.05, 0) is 42.8 Å². The van der Waals surface area contributed by atoms with Crippen molar-refractivity contribution in [3.8, 4) is 11.6 Å². The third-order valence-electron chi connectivity index (χ3n) is 3.98. The van der Waals surface area contributed by atoms with Crippen LogP contribution in [0.4, 0.5) is 0 Å². The van der Waals surface area contributed by atoms with Crippen molar-refractivity contribution in [1.29, 1.82) is 0 Å². The number of nitrogens with zero attached hydrogens (tertiary/aromatic N) is 2. The van der Waals surface area contributed by atoms with Crippen LogP contribution in [-0.4, -0.2) is 20.4 Å². The van der Waals surface area contributed by atoms with E-state index in [2.05, 4.69) is 25.9 Å². The molecule has 1 aromatic heterocycles. The summed E-state index contributed by atoms with van der Waals surface area (Å²) in [6.45, 7) is 1.83. The summed E-state index contributed by atoms with van der Waals surface area (Å²) in [6, 6.07) is 14.0. The molecule has 27 heavy (non-hydrogen) atoms. The number of nitrogens with one attached hydrogen (secondary N) is 1. The molecule has 0 unspecified atom stereocenters. The number of aromatic nitrogens is 2. The smallest absolute Gasteiger partial charge is 0.335 e. The van der Waals surface area contributed by atoms with Gasteiger partial charge in [0.25, 0.3) is 5.56 Å². The molecule has 0 fully saturated rings. The number of halogens is 2. The number of aromatic amines is 1. The van der Waals surface area contributed by atoms with E-state index in [9.17, 15) is 14.7 Å². The second kappa shape index (κ2) is 7.94. The Morgan fingerprint density at radius 1 is 1.19 bits per heavy atom. The molecule has 0 radical (unpaired) electrons. The lowest BCUT2D eigenvalue weighted by molar-refractivity contribution is 0.429. The lowest BCUT2D eigenvalue weighted by Crippen LogP contribution is -2.32. The molecule has 6 nitrogen and oxygen atoms in total. The summed E-state index contributed by atoms with van der Waals surface area (Å²) in [5, 5.41) is 11.2. The molecule has 138 valence electrons. The van der Waals surface area contributed by atoms with Crippen molar-refractivity contribution in [1.82, 2.24) is 9.55 Å². The molecular weight excluding hydrogens is 434 g/mol. The van der Waals surface area contributed by atoms with Gasteiger partial charge in [0.2, 0.25) is 5.88 Å². The summed E-state index contributed by atoms with van der Waals surface area (Å²) in [6.07, 6.45) is 0. The highest BCUT2D eigenvalue weighted by Gasteiger charge is 2.17. The third-order valence-corrected chi connectivity index (χ3v) is 4.87. The molecule has 2 aromatic carbocycles. The SMILES string of the molecule is CC(=NCc1ccccc1Cl)c1c(O)n(-c2ccc(Br)cc2)c(=O)[nH]c1=O. The molecule has 0 saturated carbocycles. The van der Waals surface area contributed by atoms with Crippen LogP contribution >= 0.6 is 27.5 Å². The fraction of sp³-hybridized carbons (Fsp3) is 0.105. The fourth-order valence-electron chi connectivity index (χ4n) is 2.59. The van der Waals surface area contributed by atoms with Gasteiger partial charge in [0.15, 0.2) is 0 Å². The standard InChI is InChI=1S/C19H15BrClN3O3/c1-11(22-10-12-4-2-3-5-15(12)21)16-17(25)23-19(27)24(18(16)26)14-8-6-13(20)7-9-14/h2-9,26H,10H2,1H3,(H,23,25,27). The van der Waals surface area contributed by atoms with Gasteiger partial charge in [-0.2, -0.15) is 0 Å². The van der Waals surface area contributed by atoms with Gasteiger partial charge in [-0.15, -0.1) is 0 Å². The van der Waals surface area contributed by atoms with Gasteiger partial charge in [0, 0.05) is 9.50 Å².